The minimum atomic E-state index is -0.708. The van der Waals surface area contributed by atoms with Crippen LogP contribution < -0.4 is 10.6 Å². The van der Waals surface area contributed by atoms with E-state index in [1.165, 1.54) is 0 Å². The minimum absolute atomic E-state index is 0.166. The van der Waals surface area contributed by atoms with Crippen molar-refractivity contribution in [2.75, 3.05) is 19.8 Å². The predicted molar refractivity (Wildman–Crippen MR) is 68.0 cm³/mol. The highest BCUT2D eigenvalue weighted by Gasteiger charge is 2.16. The molecule has 1 unspecified atom stereocenters. The maximum absolute atomic E-state index is 11.4. The van der Waals surface area contributed by atoms with Gasteiger partial charge in [-0.3, -0.25) is 9.59 Å². The molecule has 0 aliphatic heterocycles. The van der Waals surface area contributed by atoms with Gasteiger partial charge in [0.1, 0.15) is 0 Å². The molecule has 0 saturated heterocycles. The Morgan fingerprint density at radius 2 is 1.94 bits per heavy atom. The molecule has 0 saturated carbocycles. The molecule has 0 aliphatic carbocycles. The Morgan fingerprint density at radius 3 is 2.44 bits per heavy atom. The molecular formula is C12H24N2O4. The molecule has 0 aromatic carbocycles. The van der Waals surface area contributed by atoms with E-state index in [2.05, 4.69) is 10.6 Å². The van der Waals surface area contributed by atoms with Crippen LogP contribution in [0.25, 0.3) is 0 Å². The first kappa shape index (κ1) is 16.9. The number of hydrogen-bond acceptors (Lipinski definition) is 4. The monoisotopic (exact) mass is 260 g/mol. The van der Waals surface area contributed by atoms with Crippen LogP contribution in [0.15, 0.2) is 0 Å². The van der Waals surface area contributed by atoms with Gasteiger partial charge in [-0.1, -0.05) is 6.92 Å². The van der Waals surface area contributed by atoms with Gasteiger partial charge in [0.25, 0.3) is 0 Å². The van der Waals surface area contributed by atoms with E-state index >= 15 is 0 Å². The Labute approximate surface area is 108 Å². The van der Waals surface area contributed by atoms with Gasteiger partial charge in [0.2, 0.25) is 0 Å². The van der Waals surface area contributed by atoms with Gasteiger partial charge < -0.3 is 20.5 Å². The quantitative estimate of drug-likeness (QED) is 0.417. The fraction of sp³-hybridized carbons (Fsp3) is 0.833. The molecule has 106 valence electrons. The van der Waals surface area contributed by atoms with Crippen LogP contribution in [0.3, 0.4) is 0 Å². The Morgan fingerprint density at radius 1 is 1.28 bits per heavy atom. The van der Waals surface area contributed by atoms with E-state index in [1.54, 1.807) is 0 Å². The first-order valence-corrected chi connectivity index (χ1v) is 6.32. The zero-order valence-electron chi connectivity index (χ0n) is 11.4. The molecule has 0 aromatic heterocycles. The van der Waals surface area contributed by atoms with Crippen LogP contribution in [0, 0.1) is 0 Å². The lowest BCUT2D eigenvalue weighted by Gasteiger charge is -2.13. The molecule has 18 heavy (non-hydrogen) atoms. The molecule has 2 amide bonds. The van der Waals surface area contributed by atoms with E-state index < -0.39 is 11.8 Å². The van der Waals surface area contributed by atoms with Crippen molar-refractivity contribution in [1.29, 1.82) is 0 Å². The lowest BCUT2D eigenvalue weighted by molar-refractivity contribution is -0.139. The van der Waals surface area contributed by atoms with Crippen molar-refractivity contribution in [1.82, 2.24) is 10.6 Å². The molecule has 0 bridgehead atoms. The summed E-state index contributed by atoms with van der Waals surface area (Å²) in [5, 5.41) is 13.8. The number of ether oxygens (including phenoxy) is 1. The molecule has 0 fully saturated rings. The highest BCUT2D eigenvalue weighted by atomic mass is 16.5. The zero-order chi connectivity index (χ0) is 14.0. The van der Waals surface area contributed by atoms with Gasteiger partial charge in [-0.25, -0.2) is 0 Å². The van der Waals surface area contributed by atoms with Crippen molar-refractivity contribution in [3.05, 3.63) is 0 Å². The number of aliphatic hydroxyl groups is 1. The molecule has 0 aliphatic rings. The molecule has 0 heterocycles. The Kier molecular flexibility index (Phi) is 9.22. The highest BCUT2D eigenvalue weighted by molar-refractivity contribution is 6.35. The van der Waals surface area contributed by atoms with Crippen molar-refractivity contribution in [2.24, 2.45) is 0 Å². The standard InChI is InChI=1S/C12H24N2O4/c1-4-10(8-15)14-12(17)11(16)13-6-5-7-18-9(2)3/h9-10,15H,4-8H2,1-3H3,(H,13,16)(H,14,17). The Hall–Kier alpha value is -1.14. The second-order valence-electron chi connectivity index (χ2n) is 4.29. The summed E-state index contributed by atoms with van der Waals surface area (Å²) in [7, 11) is 0. The third-order valence-electron chi connectivity index (χ3n) is 2.31. The normalized spacial score (nSPS) is 12.3. The van der Waals surface area contributed by atoms with Crippen molar-refractivity contribution in [2.45, 2.75) is 45.8 Å². The SMILES string of the molecule is CCC(CO)NC(=O)C(=O)NCCCOC(C)C. The largest absolute Gasteiger partial charge is 0.394 e. The van der Waals surface area contributed by atoms with Crippen LogP contribution in [-0.4, -0.2) is 48.8 Å². The average Bonchev–Trinajstić information content (AvgIpc) is 2.34. The number of carbonyl (C=O) groups is 2. The van der Waals surface area contributed by atoms with Crippen LogP contribution in [0.4, 0.5) is 0 Å². The van der Waals surface area contributed by atoms with E-state index in [9.17, 15) is 9.59 Å². The zero-order valence-corrected chi connectivity index (χ0v) is 11.4. The van der Waals surface area contributed by atoms with Crippen LogP contribution in [-0.2, 0) is 14.3 Å². The molecular weight excluding hydrogens is 236 g/mol. The maximum Gasteiger partial charge on any atom is 0.309 e. The second-order valence-corrected chi connectivity index (χ2v) is 4.29. The smallest absolute Gasteiger partial charge is 0.309 e. The van der Waals surface area contributed by atoms with Crippen LogP contribution in [0.2, 0.25) is 0 Å². The summed E-state index contributed by atoms with van der Waals surface area (Å²) < 4.78 is 5.30. The summed E-state index contributed by atoms with van der Waals surface area (Å²) in [4.78, 5) is 22.7. The van der Waals surface area contributed by atoms with Gasteiger partial charge in [-0.05, 0) is 26.7 Å². The number of nitrogens with one attached hydrogen (secondary N) is 2. The summed E-state index contributed by atoms with van der Waals surface area (Å²) in [5.74, 6) is -1.38. The molecule has 0 rings (SSSR count). The summed E-state index contributed by atoms with van der Waals surface area (Å²) in [6, 6.07) is -0.368. The summed E-state index contributed by atoms with van der Waals surface area (Å²) >= 11 is 0. The fourth-order valence-electron chi connectivity index (χ4n) is 1.20. The van der Waals surface area contributed by atoms with E-state index in [1.807, 2.05) is 20.8 Å². The number of carbonyl (C=O) groups excluding carboxylic acids is 2. The first-order valence-electron chi connectivity index (χ1n) is 6.32. The van der Waals surface area contributed by atoms with E-state index in [0.717, 1.165) is 0 Å². The second kappa shape index (κ2) is 9.85. The van der Waals surface area contributed by atoms with Crippen molar-refractivity contribution < 1.29 is 19.4 Å². The lowest BCUT2D eigenvalue weighted by Crippen LogP contribution is -2.46. The number of amides is 2. The van der Waals surface area contributed by atoms with Crippen LogP contribution in [0.1, 0.15) is 33.6 Å². The summed E-state index contributed by atoms with van der Waals surface area (Å²) in [6.45, 7) is 6.47. The lowest BCUT2D eigenvalue weighted by atomic mass is 10.2. The summed E-state index contributed by atoms with van der Waals surface area (Å²) in [5.41, 5.74) is 0. The van der Waals surface area contributed by atoms with Crippen LogP contribution >= 0.6 is 0 Å². The highest BCUT2D eigenvalue weighted by Crippen LogP contribution is 1.90. The number of rotatable bonds is 8. The number of aliphatic hydroxyl groups excluding tert-OH is 1. The van der Waals surface area contributed by atoms with Crippen molar-refractivity contribution >= 4 is 11.8 Å². The predicted octanol–water partition coefficient (Wildman–Crippen LogP) is -0.195. The third kappa shape index (κ3) is 8.03. The van der Waals surface area contributed by atoms with Crippen molar-refractivity contribution in [3.63, 3.8) is 0 Å². The van der Waals surface area contributed by atoms with E-state index in [0.29, 0.717) is 26.0 Å². The summed E-state index contributed by atoms with van der Waals surface area (Å²) in [6.07, 6.45) is 1.41. The third-order valence-corrected chi connectivity index (χ3v) is 2.31. The van der Waals surface area contributed by atoms with Gasteiger partial charge in [0.05, 0.1) is 18.8 Å². The fourth-order valence-corrected chi connectivity index (χ4v) is 1.20. The molecule has 1 atom stereocenters. The Balaban J connectivity index is 3.71. The van der Waals surface area contributed by atoms with Crippen LogP contribution in [0.5, 0.6) is 0 Å². The number of hydrogen-bond donors (Lipinski definition) is 3. The Bertz CT molecular complexity index is 252. The topological polar surface area (TPSA) is 87.7 Å². The minimum Gasteiger partial charge on any atom is -0.394 e. The molecule has 6 heteroatoms. The van der Waals surface area contributed by atoms with Gasteiger partial charge >= 0.3 is 11.8 Å². The first-order chi connectivity index (χ1) is 8.51. The molecule has 6 nitrogen and oxygen atoms in total. The maximum atomic E-state index is 11.4. The van der Waals surface area contributed by atoms with Gasteiger partial charge in [-0.2, -0.15) is 0 Å². The molecule has 0 spiro atoms. The van der Waals surface area contributed by atoms with Gasteiger partial charge in [-0.15, -0.1) is 0 Å². The molecule has 0 aromatic rings. The molecule has 3 N–H and O–H groups in total. The molecule has 0 radical (unpaired) electrons. The van der Waals surface area contributed by atoms with Gasteiger partial charge in [0.15, 0.2) is 0 Å². The average molecular weight is 260 g/mol. The van der Waals surface area contributed by atoms with E-state index in [4.69, 9.17) is 9.84 Å². The van der Waals surface area contributed by atoms with Crippen molar-refractivity contribution in [3.8, 4) is 0 Å². The van der Waals surface area contributed by atoms with E-state index in [-0.39, 0.29) is 18.8 Å². The van der Waals surface area contributed by atoms with Gasteiger partial charge in [0, 0.05) is 13.2 Å².